The minimum Gasteiger partial charge on any atom is -0.338 e. The molecule has 0 aliphatic heterocycles. The number of nitrogens with one attached hydrogen (secondary N) is 2. The molecule has 0 radical (unpaired) electrons. The Balaban J connectivity index is 1.56. The predicted molar refractivity (Wildman–Crippen MR) is 130 cm³/mol. The van der Waals surface area contributed by atoms with Gasteiger partial charge in [0.05, 0.1) is 21.5 Å². The van der Waals surface area contributed by atoms with Gasteiger partial charge in [-0.1, -0.05) is 12.1 Å². The van der Waals surface area contributed by atoms with Gasteiger partial charge >= 0.3 is 0 Å². The summed E-state index contributed by atoms with van der Waals surface area (Å²) in [5, 5.41) is 15.0. The van der Waals surface area contributed by atoms with Gasteiger partial charge in [0.15, 0.2) is 9.84 Å². The van der Waals surface area contributed by atoms with Crippen molar-refractivity contribution in [2.75, 3.05) is 11.6 Å². The van der Waals surface area contributed by atoms with Crippen LogP contribution in [0.25, 0.3) is 22.4 Å². The lowest BCUT2D eigenvalue weighted by atomic mass is 9.95. The number of carbonyl (C=O) groups excluding carboxylic acids is 1. The molecule has 1 aliphatic rings. The fourth-order valence-electron chi connectivity index (χ4n) is 4.27. The number of rotatable bonds is 5. The number of anilines is 1. The number of amides is 1. The van der Waals surface area contributed by atoms with Gasteiger partial charge in [0.25, 0.3) is 11.6 Å². The Bertz CT molecular complexity index is 1540. The molecule has 2 heterocycles. The number of thiophene rings is 1. The number of H-pyrrole nitrogens is 1. The van der Waals surface area contributed by atoms with Crippen LogP contribution in [-0.4, -0.2) is 35.5 Å². The molecule has 1 aliphatic carbocycles. The Morgan fingerprint density at radius 2 is 1.94 bits per heavy atom. The van der Waals surface area contributed by atoms with E-state index in [0.29, 0.717) is 10.8 Å². The largest absolute Gasteiger partial charge is 0.338 e. The predicted octanol–water partition coefficient (Wildman–Crippen LogP) is 4.73. The fourth-order valence-corrected chi connectivity index (χ4v) is 6.38. The van der Waals surface area contributed by atoms with Crippen molar-refractivity contribution in [2.24, 2.45) is 0 Å². The Hall–Kier alpha value is -3.57. The molecule has 5 rings (SSSR count). The summed E-state index contributed by atoms with van der Waals surface area (Å²) in [4.78, 5) is 32.6. The summed E-state index contributed by atoms with van der Waals surface area (Å²) in [6.45, 7) is 0. The van der Waals surface area contributed by atoms with E-state index in [1.165, 1.54) is 22.3 Å². The number of aromatic amines is 1. The number of imidazole rings is 1. The standard InChI is InChI=1S/C23H20N4O5S2/c1-34(31,32)19-11-10-13(12-17(19)27(29)30)22(28)26-23-20(14-6-2-5-9-18(14)33-23)21-24-15-7-3-4-8-16(15)25-21/h3-4,7-8,10-12H,2,5-6,9H2,1H3,(H,24,25)(H,26,28). The maximum absolute atomic E-state index is 13.1. The van der Waals surface area contributed by atoms with Gasteiger partial charge in [0, 0.05) is 22.8 Å². The first kappa shape index (κ1) is 22.2. The number of nitro benzene ring substituents is 1. The lowest BCUT2D eigenvalue weighted by molar-refractivity contribution is -0.387. The third kappa shape index (κ3) is 3.97. The van der Waals surface area contributed by atoms with Crippen LogP contribution in [0.3, 0.4) is 0 Å². The van der Waals surface area contributed by atoms with Crippen LogP contribution in [0, 0.1) is 10.1 Å². The van der Waals surface area contributed by atoms with Crippen molar-refractivity contribution in [3.63, 3.8) is 0 Å². The maximum atomic E-state index is 13.1. The molecule has 0 fully saturated rings. The lowest BCUT2D eigenvalue weighted by Gasteiger charge is -2.12. The van der Waals surface area contributed by atoms with Crippen molar-refractivity contribution >= 4 is 48.8 Å². The summed E-state index contributed by atoms with van der Waals surface area (Å²) in [5.74, 6) is 0.105. The average Bonchev–Trinajstić information content (AvgIpc) is 3.38. The lowest BCUT2D eigenvalue weighted by Crippen LogP contribution is -2.13. The molecule has 2 aromatic carbocycles. The summed E-state index contributed by atoms with van der Waals surface area (Å²) in [6.07, 6.45) is 4.80. The van der Waals surface area contributed by atoms with Crippen molar-refractivity contribution in [1.29, 1.82) is 0 Å². The highest BCUT2D eigenvalue weighted by Gasteiger charge is 2.27. The van der Waals surface area contributed by atoms with Crippen molar-refractivity contribution in [2.45, 2.75) is 30.6 Å². The molecular formula is C23H20N4O5S2. The van der Waals surface area contributed by atoms with Crippen molar-refractivity contribution in [3.8, 4) is 11.4 Å². The minimum atomic E-state index is -3.82. The first-order valence-corrected chi connectivity index (χ1v) is 13.3. The van der Waals surface area contributed by atoms with E-state index in [0.717, 1.165) is 66.2 Å². The number of para-hydroxylation sites is 2. The molecule has 9 nitrogen and oxygen atoms in total. The second-order valence-electron chi connectivity index (χ2n) is 8.18. The number of aromatic nitrogens is 2. The maximum Gasteiger partial charge on any atom is 0.288 e. The Kier molecular flexibility index (Phi) is 5.45. The van der Waals surface area contributed by atoms with E-state index < -0.39 is 31.3 Å². The molecule has 0 atom stereocenters. The fraction of sp³-hybridized carbons (Fsp3) is 0.217. The van der Waals surface area contributed by atoms with Crippen LogP contribution in [0.4, 0.5) is 10.7 Å². The number of nitrogens with zero attached hydrogens (tertiary/aromatic N) is 2. The quantitative estimate of drug-likeness (QED) is 0.303. The van der Waals surface area contributed by atoms with Gasteiger partial charge in [-0.05, 0) is 55.5 Å². The SMILES string of the molecule is CS(=O)(=O)c1ccc(C(=O)Nc2sc3c(c2-c2nc4ccccc4[nH]2)CCCC3)cc1[N+](=O)[O-]. The van der Waals surface area contributed by atoms with Crippen LogP contribution in [-0.2, 0) is 22.7 Å². The highest BCUT2D eigenvalue weighted by molar-refractivity contribution is 7.90. The molecule has 0 spiro atoms. The van der Waals surface area contributed by atoms with Crippen LogP contribution in [0.2, 0.25) is 0 Å². The van der Waals surface area contributed by atoms with Crippen LogP contribution in [0.1, 0.15) is 33.6 Å². The van der Waals surface area contributed by atoms with E-state index in [9.17, 15) is 23.3 Å². The van der Waals surface area contributed by atoms with E-state index >= 15 is 0 Å². The van der Waals surface area contributed by atoms with Gasteiger partial charge in [0.2, 0.25) is 0 Å². The first-order chi connectivity index (χ1) is 16.2. The molecule has 1 amide bonds. The number of nitro groups is 1. The minimum absolute atomic E-state index is 0.000952. The monoisotopic (exact) mass is 496 g/mol. The van der Waals surface area contributed by atoms with E-state index in [1.54, 1.807) is 0 Å². The summed E-state index contributed by atoms with van der Waals surface area (Å²) in [5.41, 5.74) is 3.07. The summed E-state index contributed by atoms with van der Waals surface area (Å²) >= 11 is 1.49. The summed E-state index contributed by atoms with van der Waals surface area (Å²) in [7, 11) is -3.82. The third-order valence-corrected chi connectivity index (χ3v) is 8.19. The number of fused-ring (bicyclic) bond motifs is 2. The van der Waals surface area contributed by atoms with E-state index in [4.69, 9.17) is 4.98 Å². The van der Waals surface area contributed by atoms with E-state index in [2.05, 4.69) is 10.3 Å². The van der Waals surface area contributed by atoms with Crippen LogP contribution < -0.4 is 5.32 Å². The van der Waals surface area contributed by atoms with Gasteiger partial charge in [-0.2, -0.15) is 0 Å². The van der Waals surface area contributed by atoms with Crippen LogP contribution in [0.15, 0.2) is 47.4 Å². The van der Waals surface area contributed by atoms with Gasteiger partial charge < -0.3 is 10.3 Å². The van der Waals surface area contributed by atoms with Gasteiger partial charge in [-0.25, -0.2) is 13.4 Å². The number of carbonyl (C=O) groups is 1. The molecule has 0 saturated carbocycles. The average molecular weight is 497 g/mol. The topological polar surface area (TPSA) is 135 Å². The second-order valence-corrected chi connectivity index (χ2v) is 11.3. The van der Waals surface area contributed by atoms with Crippen LogP contribution >= 0.6 is 11.3 Å². The Morgan fingerprint density at radius 3 is 2.68 bits per heavy atom. The van der Waals surface area contributed by atoms with Gasteiger partial charge in [-0.3, -0.25) is 14.9 Å². The zero-order chi connectivity index (χ0) is 24.0. The normalized spacial score (nSPS) is 13.6. The van der Waals surface area contributed by atoms with Crippen molar-refractivity contribution in [3.05, 3.63) is 68.6 Å². The van der Waals surface area contributed by atoms with E-state index in [1.807, 2.05) is 24.3 Å². The zero-order valence-electron chi connectivity index (χ0n) is 18.1. The van der Waals surface area contributed by atoms with Gasteiger partial charge in [-0.15, -0.1) is 11.3 Å². The molecule has 11 heteroatoms. The molecule has 2 N–H and O–H groups in total. The molecule has 174 valence electrons. The summed E-state index contributed by atoms with van der Waals surface area (Å²) < 4.78 is 23.8. The highest BCUT2D eigenvalue weighted by Crippen LogP contribution is 2.44. The number of hydrogen-bond acceptors (Lipinski definition) is 7. The molecular weight excluding hydrogens is 476 g/mol. The van der Waals surface area contributed by atoms with E-state index in [-0.39, 0.29) is 5.56 Å². The van der Waals surface area contributed by atoms with Gasteiger partial charge in [0.1, 0.15) is 15.7 Å². The molecule has 0 unspecified atom stereocenters. The Labute approximate surface area is 198 Å². The highest BCUT2D eigenvalue weighted by atomic mass is 32.2. The third-order valence-electron chi connectivity index (χ3n) is 5.84. The number of aryl methyl sites for hydroxylation is 1. The van der Waals surface area contributed by atoms with Crippen molar-refractivity contribution < 1.29 is 18.1 Å². The molecule has 4 aromatic rings. The molecule has 0 saturated heterocycles. The van der Waals surface area contributed by atoms with Crippen LogP contribution in [0.5, 0.6) is 0 Å². The zero-order valence-corrected chi connectivity index (χ0v) is 19.8. The number of benzene rings is 2. The number of hydrogen-bond donors (Lipinski definition) is 2. The first-order valence-electron chi connectivity index (χ1n) is 10.6. The van der Waals surface area contributed by atoms with Crippen molar-refractivity contribution in [1.82, 2.24) is 9.97 Å². The number of sulfone groups is 1. The molecule has 34 heavy (non-hydrogen) atoms. The second kappa shape index (κ2) is 8.33. The molecule has 2 aromatic heterocycles. The Morgan fingerprint density at radius 1 is 1.18 bits per heavy atom. The smallest absolute Gasteiger partial charge is 0.288 e. The molecule has 0 bridgehead atoms. The summed E-state index contributed by atoms with van der Waals surface area (Å²) in [6, 6.07) is 11.1.